The Kier molecular flexibility index (Phi) is 15.5. The number of carboxylic acid groups (broad SMARTS) is 1. The monoisotopic (exact) mass is 528 g/mol. The molecule has 0 bridgehead atoms. The van der Waals surface area contributed by atoms with Crippen LogP contribution in [0.5, 0.6) is 0 Å². The Balaban J connectivity index is 5.69. The van der Waals surface area contributed by atoms with Crippen molar-refractivity contribution in [1.82, 2.24) is 16.0 Å². The zero-order chi connectivity index (χ0) is 28.7. The van der Waals surface area contributed by atoms with Gasteiger partial charge in [-0.05, 0) is 37.5 Å². The molecule has 5 unspecified atom stereocenters. The van der Waals surface area contributed by atoms with E-state index in [1.54, 1.807) is 0 Å². The van der Waals surface area contributed by atoms with E-state index in [1.165, 1.54) is 0 Å². The second-order valence-electron chi connectivity index (χ2n) is 9.52. The topological polar surface area (TPSA) is 258 Å². The lowest BCUT2D eigenvalue weighted by Gasteiger charge is -2.27. The molecule has 0 fully saturated rings. The van der Waals surface area contributed by atoms with Gasteiger partial charge in [0.05, 0.1) is 6.04 Å². The highest BCUT2D eigenvalue weighted by Gasteiger charge is 2.31. The number of nitrogens with zero attached hydrogens (tertiary/aromatic N) is 1. The normalized spacial score (nSPS) is 15.0. The third-order valence-corrected chi connectivity index (χ3v) is 5.77. The van der Waals surface area contributed by atoms with Crippen molar-refractivity contribution in [3.63, 3.8) is 0 Å². The maximum atomic E-state index is 13.2. The molecular weight excluding hydrogens is 484 g/mol. The highest BCUT2D eigenvalue weighted by molar-refractivity contribution is 5.94. The zero-order valence-corrected chi connectivity index (χ0v) is 22.2. The molecule has 12 N–H and O–H groups in total. The van der Waals surface area contributed by atoms with Gasteiger partial charge < -0.3 is 44.0 Å². The van der Waals surface area contributed by atoms with Crippen molar-refractivity contribution >= 4 is 35.6 Å². The fourth-order valence-corrected chi connectivity index (χ4v) is 3.34. The van der Waals surface area contributed by atoms with Crippen molar-refractivity contribution in [1.29, 1.82) is 0 Å². The molecule has 0 saturated heterocycles. The standard InChI is InChI=1S/C23H44N8O6/c1-5-13(4)18(25)21(35)31-16(11-12(2)3)20(34)29-14(7-6-10-28-23(26)27)19(33)30-15(22(36)37)8-9-17(24)32/h12-16,18H,5-11,25H2,1-4H3,(H2,24,32)(H,29,34)(H,30,33)(H,31,35)(H,36,37)(H4,26,27,28). The molecule has 0 heterocycles. The summed E-state index contributed by atoms with van der Waals surface area (Å²) in [6, 6.07) is -4.34. The van der Waals surface area contributed by atoms with E-state index >= 15 is 0 Å². The molecule has 0 spiro atoms. The molecule has 37 heavy (non-hydrogen) atoms. The molecule has 14 nitrogen and oxygen atoms in total. The van der Waals surface area contributed by atoms with Crippen molar-refractivity contribution in [3.05, 3.63) is 0 Å². The van der Waals surface area contributed by atoms with Crippen molar-refractivity contribution in [2.24, 2.45) is 39.8 Å². The van der Waals surface area contributed by atoms with Gasteiger partial charge in [-0.25, -0.2) is 4.79 Å². The lowest BCUT2D eigenvalue weighted by molar-refractivity contribution is -0.142. The first-order chi connectivity index (χ1) is 17.2. The van der Waals surface area contributed by atoms with Crippen LogP contribution in [0.25, 0.3) is 0 Å². The molecule has 0 radical (unpaired) electrons. The first kappa shape index (κ1) is 33.6. The van der Waals surface area contributed by atoms with E-state index in [1.807, 2.05) is 27.7 Å². The summed E-state index contributed by atoms with van der Waals surface area (Å²) in [5.41, 5.74) is 21.7. The fraction of sp³-hybridized carbons (Fsp3) is 0.739. The van der Waals surface area contributed by atoms with Gasteiger partial charge in [0.25, 0.3) is 0 Å². The number of nitrogens with two attached hydrogens (primary N) is 4. The van der Waals surface area contributed by atoms with Crippen LogP contribution in [0, 0.1) is 11.8 Å². The summed E-state index contributed by atoms with van der Waals surface area (Å²) in [6.07, 6.45) is 0.848. The lowest BCUT2D eigenvalue weighted by Crippen LogP contribution is -2.57. The molecule has 0 aliphatic carbocycles. The molecule has 0 saturated carbocycles. The summed E-state index contributed by atoms with van der Waals surface area (Å²) < 4.78 is 0. The predicted molar refractivity (Wildman–Crippen MR) is 139 cm³/mol. The van der Waals surface area contributed by atoms with Gasteiger partial charge in [-0.1, -0.05) is 34.1 Å². The van der Waals surface area contributed by atoms with Gasteiger partial charge in [0.1, 0.15) is 18.1 Å². The summed E-state index contributed by atoms with van der Waals surface area (Å²) >= 11 is 0. The first-order valence-corrected chi connectivity index (χ1v) is 12.4. The molecule has 5 atom stereocenters. The summed E-state index contributed by atoms with van der Waals surface area (Å²) in [5, 5.41) is 17.0. The number of hydrogen-bond acceptors (Lipinski definition) is 7. The number of carbonyl (C=O) groups excluding carboxylic acids is 4. The van der Waals surface area contributed by atoms with Gasteiger partial charge in [0, 0.05) is 13.0 Å². The molecule has 14 heteroatoms. The molecular formula is C23H44N8O6. The van der Waals surface area contributed by atoms with Crippen LogP contribution in [0.4, 0.5) is 0 Å². The maximum Gasteiger partial charge on any atom is 0.326 e. The summed E-state index contributed by atoms with van der Waals surface area (Å²) in [6.45, 7) is 7.64. The van der Waals surface area contributed by atoms with Gasteiger partial charge in [0.15, 0.2) is 5.96 Å². The molecule has 4 amide bonds. The number of rotatable bonds is 18. The van der Waals surface area contributed by atoms with Crippen molar-refractivity contribution < 1.29 is 29.1 Å². The van der Waals surface area contributed by atoms with E-state index in [9.17, 15) is 29.1 Å². The average Bonchev–Trinajstić information content (AvgIpc) is 2.80. The minimum atomic E-state index is -1.39. The number of nitrogens with one attached hydrogen (secondary N) is 3. The third-order valence-electron chi connectivity index (χ3n) is 5.77. The number of aliphatic carboxylic acids is 1. The molecule has 0 rings (SSSR count). The van der Waals surface area contributed by atoms with Crippen LogP contribution in [0.2, 0.25) is 0 Å². The number of aliphatic imine (C=N–C) groups is 1. The Bertz CT molecular complexity index is 815. The summed E-state index contributed by atoms with van der Waals surface area (Å²) in [4.78, 5) is 65.3. The maximum absolute atomic E-state index is 13.2. The lowest BCUT2D eigenvalue weighted by atomic mass is 9.97. The molecule has 212 valence electrons. The number of primary amides is 1. The summed E-state index contributed by atoms with van der Waals surface area (Å²) in [5.74, 6) is -4.18. The number of guanidine groups is 1. The molecule has 0 aliphatic rings. The smallest absolute Gasteiger partial charge is 0.326 e. The third kappa shape index (κ3) is 14.0. The Morgan fingerprint density at radius 3 is 1.86 bits per heavy atom. The van der Waals surface area contributed by atoms with Crippen LogP contribution in [0.3, 0.4) is 0 Å². The minimum absolute atomic E-state index is 0.0233. The van der Waals surface area contributed by atoms with E-state index in [2.05, 4.69) is 20.9 Å². The van der Waals surface area contributed by atoms with Gasteiger partial charge in [-0.3, -0.25) is 24.2 Å². The molecule has 0 aromatic heterocycles. The second kappa shape index (κ2) is 17.1. The quantitative estimate of drug-likeness (QED) is 0.0569. The van der Waals surface area contributed by atoms with Crippen LogP contribution >= 0.6 is 0 Å². The van der Waals surface area contributed by atoms with Gasteiger partial charge >= 0.3 is 5.97 Å². The van der Waals surface area contributed by atoms with Gasteiger partial charge in [-0.2, -0.15) is 0 Å². The number of amides is 4. The van der Waals surface area contributed by atoms with Crippen LogP contribution in [0.15, 0.2) is 4.99 Å². The van der Waals surface area contributed by atoms with Crippen LogP contribution in [0.1, 0.15) is 66.2 Å². The van der Waals surface area contributed by atoms with Crippen molar-refractivity contribution in [2.75, 3.05) is 6.54 Å². The fourth-order valence-electron chi connectivity index (χ4n) is 3.34. The molecule has 0 aromatic carbocycles. The van der Waals surface area contributed by atoms with Crippen LogP contribution in [-0.4, -0.2) is 71.4 Å². The zero-order valence-electron chi connectivity index (χ0n) is 22.2. The van der Waals surface area contributed by atoms with Gasteiger partial charge in [0.2, 0.25) is 23.6 Å². The SMILES string of the molecule is CCC(C)C(N)C(=O)NC(CC(C)C)C(=O)NC(CCCN=C(N)N)C(=O)NC(CCC(N)=O)C(=O)O. The first-order valence-electron chi connectivity index (χ1n) is 12.4. The van der Waals surface area contributed by atoms with E-state index in [0.29, 0.717) is 6.42 Å². The van der Waals surface area contributed by atoms with Gasteiger partial charge in [-0.15, -0.1) is 0 Å². The average molecular weight is 529 g/mol. The van der Waals surface area contributed by atoms with Crippen molar-refractivity contribution in [2.45, 2.75) is 90.4 Å². The molecule has 0 aliphatic heterocycles. The Morgan fingerprint density at radius 2 is 1.38 bits per heavy atom. The van der Waals surface area contributed by atoms with E-state index in [-0.39, 0.29) is 56.4 Å². The Hall–Kier alpha value is -3.42. The Labute approximate surface area is 217 Å². The van der Waals surface area contributed by atoms with Crippen LogP contribution < -0.4 is 38.9 Å². The largest absolute Gasteiger partial charge is 0.480 e. The number of carbonyl (C=O) groups is 5. The predicted octanol–water partition coefficient (Wildman–Crippen LogP) is -1.74. The van der Waals surface area contributed by atoms with Crippen LogP contribution in [-0.2, 0) is 24.0 Å². The minimum Gasteiger partial charge on any atom is -0.480 e. The second-order valence-corrected chi connectivity index (χ2v) is 9.52. The Morgan fingerprint density at radius 1 is 0.838 bits per heavy atom. The number of hydrogen-bond donors (Lipinski definition) is 8. The highest BCUT2D eigenvalue weighted by atomic mass is 16.4. The van der Waals surface area contributed by atoms with Crippen molar-refractivity contribution in [3.8, 4) is 0 Å². The molecule has 0 aromatic rings. The van der Waals surface area contributed by atoms with E-state index in [0.717, 1.165) is 0 Å². The number of carboxylic acids is 1. The summed E-state index contributed by atoms with van der Waals surface area (Å²) in [7, 11) is 0. The highest BCUT2D eigenvalue weighted by Crippen LogP contribution is 2.10. The van der Waals surface area contributed by atoms with E-state index in [4.69, 9.17) is 22.9 Å². The van der Waals surface area contributed by atoms with E-state index < -0.39 is 53.8 Å².